The van der Waals surface area contributed by atoms with Crippen LogP contribution in [0.15, 0.2) is 41.7 Å². The van der Waals surface area contributed by atoms with Crippen LogP contribution in [-0.4, -0.2) is 23.4 Å². The minimum Gasteiger partial charge on any atom is -0.278 e. The lowest BCUT2D eigenvalue weighted by Crippen LogP contribution is -2.16. The Bertz CT molecular complexity index is 1120. The summed E-state index contributed by atoms with van der Waals surface area (Å²) in [5, 5.41) is 0.187. The maximum Gasteiger partial charge on any atom is 0.264 e. The van der Waals surface area contributed by atoms with Gasteiger partial charge in [-0.3, -0.25) is 9.71 Å². The number of rotatable bonds is 4. The van der Waals surface area contributed by atoms with Gasteiger partial charge in [-0.1, -0.05) is 11.6 Å². The van der Waals surface area contributed by atoms with Crippen LogP contribution in [0.1, 0.15) is 11.4 Å². The Morgan fingerprint density at radius 2 is 1.78 bits per heavy atom. The highest BCUT2D eigenvalue weighted by atomic mass is 35.5. The van der Waals surface area contributed by atoms with Crippen LogP contribution in [0.2, 0.25) is 5.15 Å². The van der Waals surface area contributed by atoms with Crippen molar-refractivity contribution in [1.82, 2.24) is 15.0 Å². The highest BCUT2D eigenvalue weighted by Crippen LogP contribution is 2.31. The summed E-state index contributed by atoms with van der Waals surface area (Å²) in [6.07, 6.45) is 2.81. The number of nitrogens with zero attached hydrogens (tertiary/aromatic N) is 3. The number of hydrogen-bond donors (Lipinski definition) is 1. The SMILES string of the molecule is Cc1ncc(-c2c(C)ncnc2Cl)cc1NS(=O)(=O)c1ccc(F)cc1F. The summed E-state index contributed by atoms with van der Waals surface area (Å²) >= 11 is 6.12. The Hall–Kier alpha value is -2.65. The van der Waals surface area contributed by atoms with Gasteiger partial charge in [-0.2, -0.15) is 0 Å². The molecule has 3 rings (SSSR count). The molecule has 0 atom stereocenters. The van der Waals surface area contributed by atoms with Crippen LogP contribution >= 0.6 is 11.6 Å². The number of aryl methyl sites for hydroxylation is 2. The van der Waals surface area contributed by atoms with Crippen LogP contribution in [0, 0.1) is 25.5 Å². The van der Waals surface area contributed by atoms with Gasteiger partial charge >= 0.3 is 0 Å². The average molecular weight is 411 g/mol. The number of pyridine rings is 1. The van der Waals surface area contributed by atoms with Gasteiger partial charge in [0.25, 0.3) is 10.0 Å². The fourth-order valence-corrected chi connectivity index (χ4v) is 3.90. The van der Waals surface area contributed by atoms with E-state index in [9.17, 15) is 17.2 Å². The maximum absolute atomic E-state index is 13.9. The van der Waals surface area contributed by atoms with Crippen molar-refractivity contribution in [2.75, 3.05) is 4.72 Å². The van der Waals surface area contributed by atoms with E-state index in [2.05, 4.69) is 19.7 Å². The van der Waals surface area contributed by atoms with Crippen LogP contribution in [-0.2, 0) is 10.0 Å². The third kappa shape index (κ3) is 3.88. The molecule has 0 aliphatic rings. The number of aromatic nitrogens is 3. The van der Waals surface area contributed by atoms with Gasteiger partial charge in [-0.15, -0.1) is 0 Å². The molecule has 140 valence electrons. The molecule has 1 N–H and O–H groups in total. The minimum atomic E-state index is -4.30. The average Bonchev–Trinajstić information content (AvgIpc) is 2.57. The van der Waals surface area contributed by atoms with Crippen LogP contribution in [0.3, 0.4) is 0 Å². The van der Waals surface area contributed by atoms with Gasteiger partial charge in [0, 0.05) is 23.4 Å². The third-order valence-electron chi connectivity index (χ3n) is 3.79. The first kappa shape index (κ1) is 19.1. The Labute approximate surface area is 159 Å². The molecule has 1 aromatic carbocycles. The van der Waals surface area contributed by atoms with Crippen LogP contribution in [0.5, 0.6) is 0 Å². The first-order valence-corrected chi connectivity index (χ1v) is 9.47. The van der Waals surface area contributed by atoms with Gasteiger partial charge in [-0.05, 0) is 32.0 Å². The van der Waals surface area contributed by atoms with Gasteiger partial charge in [0.05, 0.1) is 17.1 Å². The number of benzene rings is 1. The normalized spacial score (nSPS) is 11.4. The van der Waals surface area contributed by atoms with Crippen molar-refractivity contribution >= 4 is 27.3 Å². The second kappa shape index (κ2) is 7.16. The van der Waals surface area contributed by atoms with Gasteiger partial charge in [0.1, 0.15) is 28.0 Å². The molecule has 0 bridgehead atoms. The monoisotopic (exact) mass is 410 g/mol. The fraction of sp³-hybridized carbons (Fsp3) is 0.118. The molecule has 0 saturated carbocycles. The van der Waals surface area contributed by atoms with E-state index in [4.69, 9.17) is 11.6 Å². The van der Waals surface area contributed by atoms with E-state index in [1.54, 1.807) is 13.8 Å². The Morgan fingerprint density at radius 3 is 2.44 bits per heavy atom. The van der Waals surface area contributed by atoms with E-state index < -0.39 is 26.6 Å². The molecule has 27 heavy (non-hydrogen) atoms. The standard InChI is InChI=1S/C17H13ClF2N4O2S/c1-9-14(24-27(25,26)15-4-3-12(19)6-13(15)20)5-11(7-21-9)16-10(2)22-8-23-17(16)18/h3-8,24H,1-2H3. The van der Waals surface area contributed by atoms with E-state index >= 15 is 0 Å². The third-order valence-corrected chi connectivity index (χ3v) is 5.48. The van der Waals surface area contributed by atoms with Crippen molar-refractivity contribution in [3.8, 4) is 11.1 Å². The highest BCUT2D eigenvalue weighted by molar-refractivity contribution is 7.92. The maximum atomic E-state index is 13.9. The summed E-state index contributed by atoms with van der Waals surface area (Å²) in [5.41, 5.74) is 2.05. The van der Waals surface area contributed by atoms with E-state index in [0.29, 0.717) is 28.6 Å². The lowest BCUT2D eigenvalue weighted by Gasteiger charge is -2.13. The topological polar surface area (TPSA) is 84.8 Å². The van der Waals surface area contributed by atoms with Crippen LogP contribution in [0.4, 0.5) is 14.5 Å². The number of hydrogen-bond acceptors (Lipinski definition) is 5. The molecule has 0 radical (unpaired) electrons. The number of halogens is 3. The molecule has 10 heteroatoms. The van der Waals surface area contributed by atoms with Crippen molar-refractivity contribution in [2.45, 2.75) is 18.7 Å². The van der Waals surface area contributed by atoms with Gasteiger partial charge in [0.2, 0.25) is 0 Å². The second-order valence-electron chi connectivity index (χ2n) is 5.66. The first-order chi connectivity index (χ1) is 12.7. The van der Waals surface area contributed by atoms with E-state index in [1.807, 2.05) is 0 Å². The zero-order valence-corrected chi connectivity index (χ0v) is 15.7. The zero-order chi connectivity index (χ0) is 19.8. The molecular weight excluding hydrogens is 398 g/mol. The molecule has 2 heterocycles. The Morgan fingerprint density at radius 1 is 1.04 bits per heavy atom. The molecule has 6 nitrogen and oxygen atoms in total. The molecule has 0 fully saturated rings. The van der Waals surface area contributed by atoms with Crippen molar-refractivity contribution in [3.63, 3.8) is 0 Å². The molecule has 0 spiro atoms. The smallest absolute Gasteiger partial charge is 0.264 e. The van der Waals surface area contributed by atoms with Gasteiger partial charge < -0.3 is 0 Å². The molecule has 0 amide bonds. The quantitative estimate of drug-likeness (QED) is 0.659. The molecule has 0 aliphatic carbocycles. The first-order valence-electron chi connectivity index (χ1n) is 7.61. The van der Waals surface area contributed by atoms with Crippen molar-refractivity contribution < 1.29 is 17.2 Å². The van der Waals surface area contributed by atoms with Gasteiger partial charge in [-0.25, -0.2) is 27.2 Å². The number of anilines is 1. The van der Waals surface area contributed by atoms with E-state index in [-0.39, 0.29) is 10.8 Å². The summed E-state index contributed by atoms with van der Waals surface area (Å²) < 4.78 is 54.3. The molecule has 0 saturated heterocycles. The van der Waals surface area contributed by atoms with E-state index in [0.717, 1.165) is 12.1 Å². The minimum absolute atomic E-state index is 0.121. The zero-order valence-electron chi connectivity index (χ0n) is 14.2. The Balaban J connectivity index is 2.05. The largest absolute Gasteiger partial charge is 0.278 e. The van der Waals surface area contributed by atoms with Crippen molar-refractivity contribution in [1.29, 1.82) is 0 Å². The molecule has 3 aromatic rings. The highest BCUT2D eigenvalue weighted by Gasteiger charge is 2.21. The lowest BCUT2D eigenvalue weighted by molar-refractivity contribution is 0.551. The summed E-state index contributed by atoms with van der Waals surface area (Å²) in [7, 11) is -4.30. The van der Waals surface area contributed by atoms with Crippen molar-refractivity contribution in [3.05, 3.63) is 65.0 Å². The summed E-state index contributed by atoms with van der Waals surface area (Å²) in [5.74, 6) is -2.07. The predicted molar refractivity (Wildman–Crippen MR) is 96.9 cm³/mol. The van der Waals surface area contributed by atoms with Crippen LogP contribution in [0.25, 0.3) is 11.1 Å². The number of sulfonamides is 1. The summed E-state index contributed by atoms with van der Waals surface area (Å²) in [6.45, 7) is 3.30. The number of nitrogens with one attached hydrogen (secondary N) is 1. The Kier molecular flexibility index (Phi) is 5.07. The van der Waals surface area contributed by atoms with Crippen LogP contribution < -0.4 is 4.72 Å². The summed E-state index contributed by atoms with van der Waals surface area (Å²) in [4.78, 5) is 11.5. The predicted octanol–water partition coefficient (Wildman–Crippen LogP) is 3.89. The molecule has 0 unspecified atom stereocenters. The summed E-state index contributed by atoms with van der Waals surface area (Å²) in [6, 6.07) is 3.72. The lowest BCUT2D eigenvalue weighted by atomic mass is 10.1. The van der Waals surface area contributed by atoms with E-state index in [1.165, 1.54) is 18.6 Å². The molecule has 0 aliphatic heterocycles. The van der Waals surface area contributed by atoms with Crippen molar-refractivity contribution in [2.24, 2.45) is 0 Å². The fourth-order valence-electron chi connectivity index (χ4n) is 2.44. The molecular formula is C17H13ClF2N4O2S. The second-order valence-corrected chi connectivity index (χ2v) is 7.67. The van der Waals surface area contributed by atoms with Gasteiger partial charge in [0.15, 0.2) is 0 Å². The molecule has 2 aromatic heterocycles.